The average Bonchev–Trinajstić information content (AvgIpc) is 3.22. The second-order valence-electron chi connectivity index (χ2n) is 6.91. The highest BCUT2D eigenvalue weighted by molar-refractivity contribution is 6.04. The number of oxazole rings is 1. The smallest absolute Gasteiger partial charge is 0.431 e. The molecule has 30 heavy (non-hydrogen) atoms. The summed E-state index contributed by atoms with van der Waals surface area (Å²) in [6.07, 6.45) is -0.587. The summed E-state index contributed by atoms with van der Waals surface area (Å²) in [5.41, 5.74) is 0.941. The van der Waals surface area contributed by atoms with E-state index in [2.05, 4.69) is 21.6 Å². The van der Waals surface area contributed by atoms with Gasteiger partial charge in [0.1, 0.15) is 0 Å². The van der Waals surface area contributed by atoms with Crippen LogP contribution in [0, 0.1) is 6.42 Å². The minimum absolute atomic E-state index is 0.259. The number of amides is 1. The van der Waals surface area contributed by atoms with Crippen molar-refractivity contribution >= 4 is 17.3 Å². The van der Waals surface area contributed by atoms with Crippen LogP contribution in [0.1, 0.15) is 29.1 Å². The maximum Gasteiger partial charge on any atom is 0.452 e. The van der Waals surface area contributed by atoms with E-state index in [1.165, 1.54) is 0 Å². The third-order valence-corrected chi connectivity index (χ3v) is 4.82. The van der Waals surface area contributed by atoms with E-state index in [1.807, 2.05) is 12.1 Å². The SMILES string of the molecule is O=C(Nc1ccc(N2CC[CH]CC2)cc1)c1nc(-c2ccccc2)oc1C(F)(F)F. The molecule has 1 N–H and O–H groups in total. The second kappa shape index (κ2) is 8.22. The van der Waals surface area contributed by atoms with Gasteiger partial charge >= 0.3 is 6.18 Å². The van der Waals surface area contributed by atoms with Crippen LogP contribution in [0.15, 0.2) is 59.0 Å². The molecular weight excluding hydrogens is 395 g/mol. The van der Waals surface area contributed by atoms with Gasteiger partial charge in [-0.05, 0) is 55.7 Å². The highest BCUT2D eigenvalue weighted by Crippen LogP contribution is 2.35. The molecule has 1 aromatic heterocycles. The van der Waals surface area contributed by atoms with Crippen molar-refractivity contribution < 1.29 is 22.4 Å². The van der Waals surface area contributed by atoms with Crippen LogP contribution >= 0.6 is 0 Å². The van der Waals surface area contributed by atoms with Gasteiger partial charge in [0.05, 0.1) is 0 Å². The number of aromatic nitrogens is 1. The van der Waals surface area contributed by atoms with Crippen LogP contribution in [0.2, 0.25) is 0 Å². The predicted octanol–water partition coefficient (Wildman–Crippen LogP) is 5.42. The fourth-order valence-corrected chi connectivity index (χ4v) is 3.32. The Morgan fingerprint density at radius 3 is 2.30 bits per heavy atom. The molecule has 0 atom stereocenters. The molecule has 0 spiro atoms. The standard InChI is InChI=1S/C22H19F3N3O2/c23-22(24,25)19-18(27-21(30-19)15-7-3-1-4-8-15)20(29)26-16-9-11-17(12-10-16)28-13-5-2-6-14-28/h1-4,7-12H,5-6,13-14H2,(H,26,29). The number of rotatable bonds is 4. The summed E-state index contributed by atoms with van der Waals surface area (Å²) in [6, 6.07) is 15.1. The summed E-state index contributed by atoms with van der Waals surface area (Å²) < 4.78 is 45.2. The number of nitrogens with zero attached hydrogens (tertiary/aromatic N) is 2. The molecule has 5 nitrogen and oxygen atoms in total. The van der Waals surface area contributed by atoms with Crippen LogP contribution in [0.5, 0.6) is 0 Å². The van der Waals surface area contributed by atoms with Crippen LogP contribution in [0.4, 0.5) is 24.5 Å². The first-order valence-corrected chi connectivity index (χ1v) is 9.53. The average molecular weight is 414 g/mol. The summed E-state index contributed by atoms with van der Waals surface area (Å²) in [7, 11) is 0. The zero-order valence-corrected chi connectivity index (χ0v) is 15.9. The van der Waals surface area contributed by atoms with Gasteiger partial charge in [-0.25, -0.2) is 4.98 Å². The Morgan fingerprint density at radius 1 is 1.00 bits per heavy atom. The molecule has 1 aliphatic rings. The van der Waals surface area contributed by atoms with Crippen molar-refractivity contribution in [2.75, 3.05) is 23.3 Å². The molecule has 1 saturated heterocycles. The minimum Gasteiger partial charge on any atom is -0.431 e. The number of piperidine rings is 1. The van der Waals surface area contributed by atoms with E-state index in [9.17, 15) is 18.0 Å². The maximum absolute atomic E-state index is 13.4. The first-order valence-electron chi connectivity index (χ1n) is 9.53. The molecule has 1 radical (unpaired) electrons. The van der Waals surface area contributed by atoms with Gasteiger partial charge in [-0.15, -0.1) is 0 Å². The normalized spacial score (nSPS) is 14.6. The lowest BCUT2D eigenvalue weighted by Gasteiger charge is -2.28. The Bertz CT molecular complexity index is 1010. The monoisotopic (exact) mass is 414 g/mol. The zero-order chi connectivity index (χ0) is 21.1. The van der Waals surface area contributed by atoms with E-state index in [4.69, 9.17) is 4.42 Å². The van der Waals surface area contributed by atoms with Gasteiger partial charge in [0.15, 0.2) is 5.69 Å². The first kappa shape index (κ1) is 20.0. The zero-order valence-electron chi connectivity index (χ0n) is 15.9. The largest absolute Gasteiger partial charge is 0.452 e. The molecule has 1 fully saturated rings. The second-order valence-corrected chi connectivity index (χ2v) is 6.91. The quantitative estimate of drug-likeness (QED) is 0.620. The van der Waals surface area contributed by atoms with E-state index in [0.29, 0.717) is 11.3 Å². The lowest BCUT2D eigenvalue weighted by molar-refractivity contribution is -0.153. The van der Waals surface area contributed by atoms with Gasteiger partial charge in [-0.3, -0.25) is 4.79 Å². The van der Waals surface area contributed by atoms with Crippen LogP contribution < -0.4 is 10.2 Å². The van der Waals surface area contributed by atoms with Crippen molar-refractivity contribution in [3.05, 3.63) is 72.5 Å². The number of hydrogen-bond donors (Lipinski definition) is 1. The highest BCUT2D eigenvalue weighted by Gasteiger charge is 2.42. The molecule has 0 bridgehead atoms. The summed E-state index contributed by atoms with van der Waals surface area (Å²) >= 11 is 0. The molecule has 0 saturated carbocycles. The first-order chi connectivity index (χ1) is 14.4. The number of carbonyl (C=O) groups excluding carboxylic acids is 1. The molecule has 3 aromatic rings. The number of halogens is 3. The van der Waals surface area contributed by atoms with Gasteiger partial charge in [0.2, 0.25) is 11.7 Å². The lowest BCUT2D eigenvalue weighted by Crippen LogP contribution is -2.29. The van der Waals surface area contributed by atoms with E-state index in [-0.39, 0.29) is 5.89 Å². The van der Waals surface area contributed by atoms with Gasteiger partial charge in [0, 0.05) is 30.0 Å². The van der Waals surface area contributed by atoms with Crippen molar-refractivity contribution in [2.24, 2.45) is 0 Å². The molecule has 2 aromatic carbocycles. The topological polar surface area (TPSA) is 58.4 Å². The van der Waals surface area contributed by atoms with Crippen molar-refractivity contribution in [3.63, 3.8) is 0 Å². The van der Waals surface area contributed by atoms with E-state index in [1.54, 1.807) is 42.5 Å². The lowest BCUT2D eigenvalue weighted by atomic mass is 10.1. The Balaban J connectivity index is 1.56. The molecule has 155 valence electrons. The van der Waals surface area contributed by atoms with Crippen molar-refractivity contribution in [1.29, 1.82) is 0 Å². The predicted molar refractivity (Wildman–Crippen MR) is 107 cm³/mol. The molecular formula is C22H19F3N3O2. The molecule has 1 aliphatic heterocycles. The molecule has 1 amide bonds. The van der Waals surface area contributed by atoms with Crippen molar-refractivity contribution in [3.8, 4) is 11.5 Å². The third-order valence-electron chi connectivity index (χ3n) is 4.82. The third kappa shape index (κ3) is 4.32. The van der Waals surface area contributed by atoms with Crippen LogP contribution in [-0.2, 0) is 6.18 Å². The number of anilines is 2. The summed E-state index contributed by atoms with van der Waals surface area (Å²) in [4.78, 5) is 18.6. The van der Waals surface area contributed by atoms with Crippen LogP contribution in [0.25, 0.3) is 11.5 Å². The number of carbonyl (C=O) groups is 1. The van der Waals surface area contributed by atoms with Gasteiger partial charge in [-0.2, -0.15) is 13.2 Å². The van der Waals surface area contributed by atoms with Crippen molar-refractivity contribution in [2.45, 2.75) is 19.0 Å². The number of hydrogen-bond acceptors (Lipinski definition) is 4. The fraction of sp³-hybridized carbons (Fsp3) is 0.227. The van der Waals surface area contributed by atoms with E-state index >= 15 is 0 Å². The molecule has 0 unspecified atom stereocenters. The van der Waals surface area contributed by atoms with E-state index in [0.717, 1.165) is 31.6 Å². The number of benzene rings is 2. The summed E-state index contributed by atoms with van der Waals surface area (Å²) in [5.74, 6) is -2.65. The maximum atomic E-state index is 13.4. The molecule has 4 rings (SSSR count). The molecule has 2 heterocycles. The fourth-order valence-electron chi connectivity index (χ4n) is 3.32. The molecule has 8 heteroatoms. The Labute approximate surface area is 171 Å². The van der Waals surface area contributed by atoms with Crippen LogP contribution in [0.3, 0.4) is 0 Å². The number of nitrogens with one attached hydrogen (secondary N) is 1. The molecule has 0 aliphatic carbocycles. The van der Waals surface area contributed by atoms with Crippen LogP contribution in [-0.4, -0.2) is 24.0 Å². The van der Waals surface area contributed by atoms with Gasteiger partial charge in [-0.1, -0.05) is 18.2 Å². The minimum atomic E-state index is -4.85. The highest BCUT2D eigenvalue weighted by atomic mass is 19.4. The summed E-state index contributed by atoms with van der Waals surface area (Å²) in [5, 5.41) is 2.48. The van der Waals surface area contributed by atoms with Crippen molar-refractivity contribution in [1.82, 2.24) is 4.98 Å². The Hall–Kier alpha value is -3.29. The Kier molecular flexibility index (Phi) is 5.48. The van der Waals surface area contributed by atoms with E-state index < -0.39 is 23.5 Å². The van der Waals surface area contributed by atoms with Gasteiger partial charge in [0.25, 0.3) is 5.91 Å². The number of alkyl halides is 3. The Morgan fingerprint density at radius 2 is 1.67 bits per heavy atom. The summed E-state index contributed by atoms with van der Waals surface area (Å²) in [6.45, 7) is 1.84. The van der Waals surface area contributed by atoms with Gasteiger partial charge < -0.3 is 14.6 Å².